The van der Waals surface area contributed by atoms with Crippen molar-refractivity contribution in [2.24, 2.45) is 0 Å². The highest BCUT2D eigenvalue weighted by Crippen LogP contribution is 2.30. The zero-order chi connectivity index (χ0) is 14.7. The van der Waals surface area contributed by atoms with Crippen LogP contribution in [0.25, 0.3) is 0 Å². The largest absolute Gasteiger partial charge is 0.478 e. The van der Waals surface area contributed by atoms with Crippen molar-refractivity contribution in [3.05, 3.63) is 23.8 Å². The van der Waals surface area contributed by atoms with Gasteiger partial charge in [0.1, 0.15) is 0 Å². The van der Waals surface area contributed by atoms with E-state index in [0.717, 1.165) is 17.7 Å². The highest BCUT2D eigenvalue weighted by molar-refractivity contribution is 7.98. The number of piperidine rings is 1. The molecule has 4 nitrogen and oxygen atoms in total. The summed E-state index contributed by atoms with van der Waals surface area (Å²) in [6.07, 6.45) is 5.42. The van der Waals surface area contributed by atoms with Gasteiger partial charge in [-0.2, -0.15) is 0 Å². The predicted molar refractivity (Wildman–Crippen MR) is 83.4 cm³/mol. The molecule has 0 bridgehead atoms. The van der Waals surface area contributed by atoms with Gasteiger partial charge in [-0.1, -0.05) is 12.5 Å². The first-order valence-electron chi connectivity index (χ1n) is 7.00. The Morgan fingerprint density at radius 2 is 2.00 bits per heavy atom. The average molecular weight is 294 g/mol. The summed E-state index contributed by atoms with van der Waals surface area (Å²) in [5, 5.41) is 11.7. The first-order valence-corrected chi connectivity index (χ1v) is 8.22. The summed E-state index contributed by atoms with van der Waals surface area (Å²) in [5.41, 5.74) is 4.40. The number of nitrogens with one attached hydrogen (secondary N) is 1. The Hall–Kier alpha value is -1.20. The van der Waals surface area contributed by atoms with Gasteiger partial charge in [-0.15, -0.1) is 11.8 Å². The van der Waals surface area contributed by atoms with Gasteiger partial charge in [-0.05, 0) is 45.1 Å². The van der Waals surface area contributed by atoms with E-state index in [1.54, 1.807) is 0 Å². The lowest BCUT2D eigenvalue weighted by Crippen LogP contribution is -2.47. The molecule has 20 heavy (non-hydrogen) atoms. The van der Waals surface area contributed by atoms with Crippen LogP contribution in [0.4, 0.5) is 5.69 Å². The highest BCUT2D eigenvalue weighted by Gasteiger charge is 2.26. The van der Waals surface area contributed by atoms with E-state index in [1.165, 1.54) is 18.2 Å². The number of carboxylic acids is 1. The third kappa shape index (κ3) is 3.10. The van der Waals surface area contributed by atoms with Crippen molar-refractivity contribution in [1.29, 1.82) is 0 Å². The minimum absolute atomic E-state index is 0.366. The zero-order valence-corrected chi connectivity index (χ0v) is 13.0. The lowest BCUT2D eigenvalue weighted by molar-refractivity contribution is 0.0692. The highest BCUT2D eigenvalue weighted by atomic mass is 32.2. The topological polar surface area (TPSA) is 52.6 Å². The molecular formula is C15H22N2O2S. The number of anilines is 1. The second-order valence-electron chi connectivity index (χ2n) is 5.34. The number of hydrazine groups is 1. The maximum Gasteiger partial charge on any atom is 0.339 e. The molecule has 0 radical (unpaired) electrons. The Morgan fingerprint density at radius 3 is 2.55 bits per heavy atom. The van der Waals surface area contributed by atoms with E-state index >= 15 is 0 Å². The second-order valence-corrected chi connectivity index (χ2v) is 6.18. The molecule has 0 aromatic heterocycles. The van der Waals surface area contributed by atoms with Gasteiger partial charge in [0.15, 0.2) is 0 Å². The van der Waals surface area contributed by atoms with E-state index in [9.17, 15) is 9.90 Å². The normalized spacial score (nSPS) is 23.6. The summed E-state index contributed by atoms with van der Waals surface area (Å²) in [7, 11) is 0. The summed E-state index contributed by atoms with van der Waals surface area (Å²) in [5.74, 6) is -0.880. The van der Waals surface area contributed by atoms with E-state index < -0.39 is 5.97 Å². The van der Waals surface area contributed by atoms with Crippen molar-refractivity contribution in [2.75, 3.05) is 11.7 Å². The van der Waals surface area contributed by atoms with Crippen molar-refractivity contribution in [3.8, 4) is 0 Å². The standard InChI is InChI=1S/C15H22N2O2S/c1-10-6-4-7-11(2)17(10)16-12-8-5-9-13(20-3)14(12)15(18)19/h5,8-11,16H,4,6-7H2,1-3H3,(H,18,19). The maximum atomic E-state index is 11.5. The molecule has 5 heteroatoms. The molecule has 1 aromatic rings. The molecule has 2 rings (SSSR count). The molecule has 0 spiro atoms. The van der Waals surface area contributed by atoms with Crippen LogP contribution in [0.5, 0.6) is 0 Å². The third-order valence-electron chi connectivity index (χ3n) is 3.90. The molecule has 0 saturated carbocycles. The smallest absolute Gasteiger partial charge is 0.339 e. The fraction of sp³-hybridized carbons (Fsp3) is 0.533. The molecule has 1 aromatic carbocycles. The molecule has 1 heterocycles. The Labute approximate surface area is 124 Å². The summed E-state index contributed by atoms with van der Waals surface area (Å²) in [6.45, 7) is 4.36. The number of rotatable bonds is 4. The van der Waals surface area contributed by atoms with Crippen LogP contribution >= 0.6 is 11.8 Å². The SMILES string of the molecule is CSc1cccc(NN2C(C)CCCC2C)c1C(=O)O. The van der Waals surface area contributed by atoms with Crippen LogP contribution in [0.1, 0.15) is 43.5 Å². The minimum atomic E-state index is -0.880. The number of carbonyl (C=O) groups is 1. The molecule has 1 fully saturated rings. The first kappa shape index (κ1) is 15.2. The Bertz CT molecular complexity index is 483. The molecule has 110 valence electrons. The Balaban J connectivity index is 2.30. The average Bonchev–Trinajstić information content (AvgIpc) is 2.42. The molecule has 2 unspecified atom stereocenters. The van der Waals surface area contributed by atoms with E-state index in [0.29, 0.717) is 23.3 Å². The second kappa shape index (κ2) is 6.50. The van der Waals surface area contributed by atoms with Crippen LogP contribution in [0.3, 0.4) is 0 Å². The van der Waals surface area contributed by atoms with E-state index in [2.05, 4.69) is 24.3 Å². The van der Waals surface area contributed by atoms with E-state index in [4.69, 9.17) is 0 Å². The van der Waals surface area contributed by atoms with Crippen LogP contribution in [-0.2, 0) is 0 Å². The summed E-state index contributed by atoms with van der Waals surface area (Å²) in [6, 6.07) is 6.43. The number of hydrogen-bond donors (Lipinski definition) is 2. The summed E-state index contributed by atoms with van der Waals surface area (Å²) in [4.78, 5) is 12.3. The van der Waals surface area contributed by atoms with Crippen molar-refractivity contribution < 1.29 is 9.90 Å². The quantitative estimate of drug-likeness (QED) is 0.829. The van der Waals surface area contributed by atoms with Gasteiger partial charge in [0, 0.05) is 17.0 Å². The predicted octanol–water partition coefficient (Wildman–Crippen LogP) is 3.70. The maximum absolute atomic E-state index is 11.5. The van der Waals surface area contributed by atoms with Crippen LogP contribution < -0.4 is 5.43 Å². The summed E-state index contributed by atoms with van der Waals surface area (Å²) >= 11 is 1.46. The van der Waals surface area contributed by atoms with E-state index in [-0.39, 0.29) is 0 Å². The van der Waals surface area contributed by atoms with Crippen molar-refractivity contribution in [3.63, 3.8) is 0 Å². The molecule has 1 aliphatic rings. The third-order valence-corrected chi connectivity index (χ3v) is 4.68. The lowest BCUT2D eigenvalue weighted by Gasteiger charge is -2.39. The molecule has 0 aliphatic carbocycles. The molecule has 1 aliphatic heterocycles. The molecule has 0 amide bonds. The van der Waals surface area contributed by atoms with Gasteiger partial charge in [0.25, 0.3) is 0 Å². The number of hydrogen-bond acceptors (Lipinski definition) is 4. The van der Waals surface area contributed by atoms with Gasteiger partial charge in [-0.3, -0.25) is 0 Å². The van der Waals surface area contributed by atoms with Crippen molar-refractivity contribution in [2.45, 2.75) is 50.1 Å². The number of carboxylic acid groups (broad SMARTS) is 1. The fourth-order valence-corrected chi connectivity index (χ4v) is 3.41. The fourth-order valence-electron chi connectivity index (χ4n) is 2.80. The summed E-state index contributed by atoms with van der Waals surface area (Å²) < 4.78 is 0. The first-order chi connectivity index (χ1) is 9.54. The van der Waals surface area contributed by atoms with Crippen molar-refractivity contribution >= 4 is 23.4 Å². The Morgan fingerprint density at radius 1 is 1.35 bits per heavy atom. The van der Waals surface area contributed by atoms with E-state index in [1.807, 2.05) is 24.5 Å². The minimum Gasteiger partial charge on any atom is -0.478 e. The molecule has 2 atom stereocenters. The van der Waals surface area contributed by atoms with Gasteiger partial charge in [0.2, 0.25) is 0 Å². The van der Waals surface area contributed by atoms with Crippen LogP contribution in [-0.4, -0.2) is 34.4 Å². The number of nitrogens with zero attached hydrogens (tertiary/aromatic N) is 1. The number of benzene rings is 1. The van der Waals surface area contributed by atoms with Gasteiger partial charge in [0.05, 0.1) is 11.3 Å². The number of aromatic carboxylic acids is 1. The number of thioether (sulfide) groups is 1. The monoisotopic (exact) mass is 294 g/mol. The Kier molecular flexibility index (Phi) is 4.94. The molecule has 1 saturated heterocycles. The molecular weight excluding hydrogens is 272 g/mol. The zero-order valence-electron chi connectivity index (χ0n) is 12.2. The van der Waals surface area contributed by atoms with Crippen LogP contribution in [0, 0.1) is 0 Å². The van der Waals surface area contributed by atoms with Gasteiger partial charge in [-0.25, -0.2) is 9.80 Å². The van der Waals surface area contributed by atoms with Gasteiger partial charge < -0.3 is 10.5 Å². The van der Waals surface area contributed by atoms with Crippen LogP contribution in [0.15, 0.2) is 23.1 Å². The van der Waals surface area contributed by atoms with Crippen LogP contribution in [0.2, 0.25) is 0 Å². The van der Waals surface area contributed by atoms with Gasteiger partial charge >= 0.3 is 5.97 Å². The van der Waals surface area contributed by atoms with Crippen molar-refractivity contribution in [1.82, 2.24) is 5.01 Å². The lowest BCUT2D eigenvalue weighted by atomic mass is 10.00. The molecule has 2 N–H and O–H groups in total.